The third kappa shape index (κ3) is 2.29. The molecule has 6 aromatic rings. The summed E-state index contributed by atoms with van der Waals surface area (Å²) in [4.78, 5) is 0. The zero-order valence-corrected chi connectivity index (χ0v) is 16.6. The predicted molar refractivity (Wildman–Crippen MR) is 116 cm³/mol. The van der Waals surface area contributed by atoms with Gasteiger partial charge in [-0.2, -0.15) is 0 Å². The van der Waals surface area contributed by atoms with Gasteiger partial charge in [-0.05, 0) is 0 Å². The summed E-state index contributed by atoms with van der Waals surface area (Å²) < 4.78 is 11.5. The predicted octanol–water partition coefficient (Wildman–Crippen LogP) is 5.45. The van der Waals surface area contributed by atoms with Gasteiger partial charge >= 0.3 is 168 Å². The SMILES string of the molecule is c1ccc(-n2c3ccccc3c3cc(-c4cccc5n[se]nc45)ccc32)cc1. The van der Waals surface area contributed by atoms with Crippen molar-refractivity contribution in [3.63, 3.8) is 0 Å². The van der Waals surface area contributed by atoms with Gasteiger partial charge in [0.1, 0.15) is 0 Å². The molecular formula is C24H15N3Se. The number of para-hydroxylation sites is 2. The molecule has 0 saturated carbocycles. The van der Waals surface area contributed by atoms with Crippen molar-refractivity contribution in [1.82, 2.24) is 12.5 Å². The van der Waals surface area contributed by atoms with E-state index in [0.717, 1.165) is 11.0 Å². The molecule has 0 radical (unpaired) electrons. The molecule has 0 atom stereocenters. The Morgan fingerprint density at radius 3 is 2.39 bits per heavy atom. The number of rotatable bonds is 2. The average Bonchev–Trinajstić information content (AvgIpc) is 3.36. The molecule has 132 valence electrons. The molecule has 2 aromatic heterocycles. The van der Waals surface area contributed by atoms with Crippen molar-refractivity contribution in [1.29, 1.82) is 0 Å². The van der Waals surface area contributed by atoms with Crippen LogP contribution in [0.3, 0.4) is 0 Å². The van der Waals surface area contributed by atoms with E-state index in [-0.39, 0.29) is 15.0 Å². The zero-order valence-electron chi connectivity index (χ0n) is 14.9. The van der Waals surface area contributed by atoms with Gasteiger partial charge in [0.15, 0.2) is 0 Å². The van der Waals surface area contributed by atoms with Crippen LogP contribution in [0.25, 0.3) is 49.7 Å². The number of aromatic nitrogens is 3. The first-order valence-electron chi connectivity index (χ1n) is 9.20. The Morgan fingerprint density at radius 1 is 0.643 bits per heavy atom. The minimum atomic E-state index is -0.0220. The van der Waals surface area contributed by atoms with Gasteiger partial charge in [0, 0.05) is 0 Å². The van der Waals surface area contributed by atoms with Gasteiger partial charge in [0.2, 0.25) is 0 Å². The van der Waals surface area contributed by atoms with E-state index >= 15 is 0 Å². The molecule has 0 saturated heterocycles. The molecule has 0 unspecified atom stereocenters. The molecule has 0 aliphatic heterocycles. The van der Waals surface area contributed by atoms with Crippen LogP contribution in [0.1, 0.15) is 0 Å². The van der Waals surface area contributed by atoms with Gasteiger partial charge in [-0.1, -0.05) is 0 Å². The molecule has 0 aliphatic rings. The van der Waals surface area contributed by atoms with Crippen molar-refractivity contribution in [2.45, 2.75) is 0 Å². The van der Waals surface area contributed by atoms with Crippen LogP contribution in [0, 0.1) is 0 Å². The molecule has 0 fully saturated rings. The normalized spacial score (nSPS) is 11.6. The van der Waals surface area contributed by atoms with E-state index < -0.39 is 0 Å². The Labute approximate surface area is 168 Å². The third-order valence-electron chi connectivity index (χ3n) is 5.28. The Balaban J connectivity index is 1.69. The standard InChI is InChI=1S/C24H15N3Se/c1-2-7-17(8-3-1)27-22-12-5-4-9-19(22)20-15-16(13-14-23(20)27)18-10-6-11-21-24(18)26-28-25-21/h1-15H. The summed E-state index contributed by atoms with van der Waals surface area (Å²) in [5, 5.41) is 2.52. The first-order chi connectivity index (χ1) is 13.9. The first kappa shape index (κ1) is 15.8. The minimum absolute atomic E-state index is 0.0220. The van der Waals surface area contributed by atoms with E-state index in [9.17, 15) is 0 Å². The van der Waals surface area contributed by atoms with Crippen LogP contribution in [0.4, 0.5) is 0 Å². The Hall–Kier alpha value is -3.20. The molecule has 3 nitrogen and oxygen atoms in total. The second-order valence-electron chi connectivity index (χ2n) is 6.86. The number of nitrogens with zero attached hydrogens (tertiary/aromatic N) is 3. The van der Waals surface area contributed by atoms with Crippen molar-refractivity contribution in [2.24, 2.45) is 0 Å². The van der Waals surface area contributed by atoms with Gasteiger partial charge in [-0.3, -0.25) is 0 Å². The summed E-state index contributed by atoms with van der Waals surface area (Å²) in [5.74, 6) is 0. The second kappa shape index (κ2) is 6.16. The Morgan fingerprint density at radius 2 is 1.46 bits per heavy atom. The monoisotopic (exact) mass is 425 g/mol. The van der Waals surface area contributed by atoms with Gasteiger partial charge in [-0.25, -0.2) is 0 Å². The molecule has 4 heteroatoms. The summed E-state index contributed by atoms with van der Waals surface area (Å²) in [6, 6.07) is 32.2. The van der Waals surface area contributed by atoms with Crippen molar-refractivity contribution in [3.05, 3.63) is 91.0 Å². The third-order valence-corrected chi connectivity index (χ3v) is 6.42. The van der Waals surface area contributed by atoms with Crippen LogP contribution in [0.5, 0.6) is 0 Å². The molecule has 0 amide bonds. The summed E-state index contributed by atoms with van der Waals surface area (Å²) in [7, 11) is 0. The van der Waals surface area contributed by atoms with Crippen LogP contribution in [-0.2, 0) is 0 Å². The fourth-order valence-electron chi connectivity index (χ4n) is 4.03. The molecule has 0 spiro atoms. The number of fused-ring (bicyclic) bond motifs is 4. The van der Waals surface area contributed by atoms with Crippen LogP contribution in [0.15, 0.2) is 91.0 Å². The van der Waals surface area contributed by atoms with Crippen molar-refractivity contribution >= 4 is 47.8 Å². The molecule has 28 heavy (non-hydrogen) atoms. The van der Waals surface area contributed by atoms with E-state index in [2.05, 4.69) is 104 Å². The van der Waals surface area contributed by atoms with Gasteiger partial charge in [-0.15, -0.1) is 0 Å². The van der Waals surface area contributed by atoms with Crippen LogP contribution in [0.2, 0.25) is 0 Å². The summed E-state index contributed by atoms with van der Waals surface area (Å²) in [5.41, 5.74) is 8.03. The fraction of sp³-hybridized carbons (Fsp3) is 0. The first-order valence-corrected chi connectivity index (χ1v) is 10.7. The van der Waals surface area contributed by atoms with Crippen LogP contribution in [-0.4, -0.2) is 27.5 Å². The Bertz CT molecular complexity index is 1460. The molecule has 4 aromatic carbocycles. The van der Waals surface area contributed by atoms with Crippen molar-refractivity contribution in [2.75, 3.05) is 0 Å². The summed E-state index contributed by atoms with van der Waals surface area (Å²) >= 11 is -0.0220. The van der Waals surface area contributed by atoms with Crippen molar-refractivity contribution < 1.29 is 0 Å². The summed E-state index contributed by atoms with van der Waals surface area (Å²) in [6.07, 6.45) is 0. The fourth-order valence-corrected chi connectivity index (χ4v) is 5.19. The quantitative estimate of drug-likeness (QED) is 0.346. The number of benzene rings is 4. The van der Waals surface area contributed by atoms with E-state index in [1.54, 1.807) is 0 Å². The molecule has 0 N–H and O–H groups in total. The summed E-state index contributed by atoms with van der Waals surface area (Å²) in [6.45, 7) is 0. The number of hydrogen-bond acceptors (Lipinski definition) is 2. The topological polar surface area (TPSA) is 30.7 Å². The zero-order chi connectivity index (χ0) is 18.5. The molecule has 0 bridgehead atoms. The molecule has 2 heterocycles. The second-order valence-corrected chi connectivity index (χ2v) is 7.97. The van der Waals surface area contributed by atoms with Crippen molar-refractivity contribution in [3.8, 4) is 16.8 Å². The van der Waals surface area contributed by atoms with E-state index in [1.807, 2.05) is 0 Å². The van der Waals surface area contributed by atoms with Crippen LogP contribution < -0.4 is 0 Å². The maximum atomic E-state index is 4.66. The van der Waals surface area contributed by atoms with Gasteiger partial charge in [0.25, 0.3) is 0 Å². The molecular weight excluding hydrogens is 409 g/mol. The van der Waals surface area contributed by atoms with E-state index in [1.165, 1.54) is 38.6 Å². The van der Waals surface area contributed by atoms with Crippen LogP contribution >= 0.6 is 0 Å². The molecule has 0 aliphatic carbocycles. The van der Waals surface area contributed by atoms with Gasteiger partial charge in [0.05, 0.1) is 0 Å². The number of hydrogen-bond donors (Lipinski definition) is 0. The molecule has 6 rings (SSSR count). The van der Waals surface area contributed by atoms with E-state index in [0.29, 0.717) is 0 Å². The maximum absolute atomic E-state index is 4.66. The Kier molecular flexibility index (Phi) is 3.48. The van der Waals surface area contributed by atoms with E-state index in [4.69, 9.17) is 0 Å². The average molecular weight is 424 g/mol. The van der Waals surface area contributed by atoms with Gasteiger partial charge < -0.3 is 0 Å².